The van der Waals surface area contributed by atoms with Crippen molar-refractivity contribution in [2.24, 2.45) is 5.92 Å². The number of aliphatic hydroxyl groups is 1. The molecular weight excluding hydrogens is 158 g/mol. The third-order valence-corrected chi connectivity index (χ3v) is 2.38. The van der Waals surface area contributed by atoms with Crippen molar-refractivity contribution >= 4 is 6.09 Å². The maximum absolute atomic E-state index is 10.2. The summed E-state index contributed by atoms with van der Waals surface area (Å²) >= 11 is 0. The highest BCUT2D eigenvalue weighted by atomic mass is 16.4. The molecule has 0 aromatic carbocycles. The maximum Gasteiger partial charge on any atom is 0.404 e. The number of carbonyl (C=O) groups is 1. The molecule has 70 valence electrons. The molecule has 1 amide bonds. The number of hydrogen-bond acceptors (Lipinski definition) is 2. The fourth-order valence-corrected chi connectivity index (χ4v) is 1.64. The van der Waals surface area contributed by atoms with Crippen LogP contribution in [0.2, 0.25) is 0 Å². The van der Waals surface area contributed by atoms with Gasteiger partial charge in [-0.15, -0.1) is 0 Å². The topological polar surface area (TPSA) is 69.6 Å². The van der Waals surface area contributed by atoms with Crippen molar-refractivity contribution in [1.82, 2.24) is 5.32 Å². The second kappa shape index (κ2) is 4.30. The number of rotatable bonds is 2. The maximum atomic E-state index is 10.2. The van der Waals surface area contributed by atoms with E-state index >= 15 is 0 Å². The number of hydrogen-bond donors (Lipinski definition) is 3. The van der Waals surface area contributed by atoms with Crippen molar-refractivity contribution < 1.29 is 15.0 Å². The molecule has 0 radical (unpaired) electrons. The molecule has 2 unspecified atom stereocenters. The van der Waals surface area contributed by atoms with Crippen LogP contribution in [0.1, 0.15) is 25.7 Å². The summed E-state index contributed by atoms with van der Waals surface area (Å²) in [6, 6.07) is 0. The van der Waals surface area contributed by atoms with E-state index in [0.717, 1.165) is 25.7 Å². The molecule has 0 spiro atoms. The van der Waals surface area contributed by atoms with Gasteiger partial charge in [0.15, 0.2) is 0 Å². The van der Waals surface area contributed by atoms with Crippen molar-refractivity contribution in [2.75, 3.05) is 6.54 Å². The van der Waals surface area contributed by atoms with Gasteiger partial charge in [-0.25, -0.2) is 4.79 Å². The molecule has 0 aromatic heterocycles. The molecule has 0 aliphatic heterocycles. The lowest BCUT2D eigenvalue weighted by atomic mass is 9.86. The minimum atomic E-state index is -1.01. The molecule has 2 atom stereocenters. The first-order valence-electron chi connectivity index (χ1n) is 4.35. The van der Waals surface area contributed by atoms with Crippen LogP contribution in [0.5, 0.6) is 0 Å². The summed E-state index contributed by atoms with van der Waals surface area (Å²) in [5, 5.41) is 20.1. The lowest BCUT2D eigenvalue weighted by Gasteiger charge is -2.27. The van der Waals surface area contributed by atoms with Crippen LogP contribution in [-0.2, 0) is 0 Å². The predicted molar refractivity (Wildman–Crippen MR) is 44.0 cm³/mol. The molecule has 0 bridgehead atoms. The van der Waals surface area contributed by atoms with Gasteiger partial charge >= 0.3 is 6.09 Å². The van der Waals surface area contributed by atoms with E-state index in [1.165, 1.54) is 0 Å². The second-order valence-electron chi connectivity index (χ2n) is 3.30. The Kier molecular flexibility index (Phi) is 3.34. The van der Waals surface area contributed by atoms with Gasteiger partial charge in [0.25, 0.3) is 0 Å². The summed E-state index contributed by atoms with van der Waals surface area (Å²) in [7, 11) is 0. The van der Waals surface area contributed by atoms with Crippen LogP contribution < -0.4 is 5.32 Å². The minimum Gasteiger partial charge on any atom is -0.465 e. The van der Waals surface area contributed by atoms with Crippen molar-refractivity contribution in [3.8, 4) is 0 Å². The lowest BCUT2D eigenvalue weighted by molar-refractivity contribution is 0.0696. The van der Waals surface area contributed by atoms with E-state index in [0.29, 0.717) is 6.54 Å². The van der Waals surface area contributed by atoms with Gasteiger partial charge in [0.1, 0.15) is 0 Å². The fraction of sp³-hybridized carbons (Fsp3) is 0.875. The first-order chi connectivity index (χ1) is 5.70. The van der Waals surface area contributed by atoms with Gasteiger partial charge in [-0.05, 0) is 12.8 Å². The molecule has 1 aliphatic rings. The Labute approximate surface area is 71.6 Å². The highest BCUT2D eigenvalue weighted by molar-refractivity contribution is 5.64. The van der Waals surface area contributed by atoms with Gasteiger partial charge < -0.3 is 15.5 Å². The third kappa shape index (κ3) is 2.70. The Balaban J connectivity index is 2.24. The standard InChI is InChI=1S/C8H15NO3/c10-7-4-2-1-3-6(7)5-9-8(11)12/h6-7,9-10H,1-5H2,(H,11,12). The number of nitrogens with one attached hydrogen (secondary N) is 1. The summed E-state index contributed by atoms with van der Waals surface area (Å²) in [6.45, 7) is 0.385. The largest absolute Gasteiger partial charge is 0.465 e. The van der Waals surface area contributed by atoms with Crippen LogP contribution in [0.15, 0.2) is 0 Å². The molecule has 0 aromatic rings. The van der Waals surface area contributed by atoms with Crippen LogP contribution in [0, 0.1) is 5.92 Å². The van der Waals surface area contributed by atoms with Crippen molar-refractivity contribution in [2.45, 2.75) is 31.8 Å². The SMILES string of the molecule is O=C(O)NCC1CCCCC1O. The Morgan fingerprint density at radius 2 is 2.08 bits per heavy atom. The summed E-state index contributed by atoms with van der Waals surface area (Å²) in [5.74, 6) is 0.120. The number of carboxylic acid groups (broad SMARTS) is 1. The third-order valence-electron chi connectivity index (χ3n) is 2.38. The van der Waals surface area contributed by atoms with Crippen molar-refractivity contribution in [1.29, 1.82) is 0 Å². The highest BCUT2D eigenvalue weighted by Gasteiger charge is 2.22. The zero-order chi connectivity index (χ0) is 8.97. The number of aliphatic hydroxyl groups excluding tert-OH is 1. The molecular formula is C8H15NO3. The summed E-state index contributed by atoms with van der Waals surface area (Å²) in [4.78, 5) is 10.2. The van der Waals surface area contributed by atoms with E-state index in [2.05, 4.69) is 5.32 Å². The summed E-state index contributed by atoms with van der Waals surface area (Å²) in [5.41, 5.74) is 0. The average molecular weight is 173 g/mol. The molecule has 3 N–H and O–H groups in total. The van der Waals surface area contributed by atoms with Gasteiger partial charge in [-0.2, -0.15) is 0 Å². The molecule has 0 saturated heterocycles. The Bertz CT molecular complexity index is 160. The Morgan fingerprint density at radius 1 is 1.42 bits per heavy atom. The lowest BCUT2D eigenvalue weighted by Crippen LogP contribution is -2.35. The molecule has 1 aliphatic carbocycles. The smallest absolute Gasteiger partial charge is 0.404 e. The average Bonchev–Trinajstić information content (AvgIpc) is 2.03. The summed E-state index contributed by atoms with van der Waals surface area (Å²) in [6.07, 6.45) is 2.58. The first-order valence-corrected chi connectivity index (χ1v) is 4.35. The van der Waals surface area contributed by atoms with Crippen molar-refractivity contribution in [3.63, 3.8) is 0 Å². The molecule has 4 heteroatoms. The fourth-order valence-electron chi connectivity index (χ4n) is 1.64. The van der Waals surface area contributed by atoms with Gasteiger partial charge in [0.05, 0.1) is 6.10 Å². The zero-order valence-electron chi connectivity index (χ0n) is 6.99. The summed E-state index contributed by atoms with van der Waals surface area (Å²) < 4.78 is 0. The molecule has 0 heterocycles. The molecule has 12 heavy (non-hydrogen) atoms. The van der Waals surface area contributed by atoms with E-state index in [4.69, 9.17) is 5.11 Å². The van der Waals surface area contributed by atoms with Gasteiger partial charge in [0, 0.05) is 12.5 Å². The van der Waals surface area contributed by atoms with Crippen LogP contribution in [0.3, 0.4) is 0 Å². The van der Waals surface area contributed by atoms with Crippen LogP contribution in [0.25, 0.3) is 0 Å². The quantitative estimate of drug-likeness (QED) is 0.578. The van der Waals surface area contributed by atoms with Gasteiger partial charge in [-0.3, -0.25) is 0 Å². The van der Waals surface area contributed by atoms with Crippen LogP contribution in [-0.4, -0.2) is 29.0 Å². The van der Waals surface area contributed by atoms with E-state index in [9.17, 15) is 9.90 Å². The predicted octanol–water partition coefficient (Wildman–Crippen LogP) is 0.805. The van der Waals surface area contributed by atoms with E-state index in [-0.39, 0.29) is 12.0 Å². The molecule has 1 rings (SSSR count). The second-order valence-corrected chi connectivity index (χ2v) is 3.30. The van der Waals surface area contributed by atoms with Crippen LogP contribution >= 0.6 is 0 Å². The molecule has 1 saturated carbocycles. The van der Waals surface area contributed by atoms with E-state index < -0.39 is 6.09 Å². The van der Waals surface area contributed by atoms with Crippen LogP contribution in [0.4, 0.5) is 4.79 Å². The zero-order valence-corrected chi connectivity index (χ0v) is 6.99. The van der Waals surface area contributed by atoms with Gasteiger partial charge in [0.2, 0.25) is 0 Å². The Morgan fingerprint density at radius 3 is 2.67 bits per heavy atom. The normalized spacial score (nSPS) is 29.8. The molecule has 1 fully saturated rings. The van der Waals surface area contributed by atoms with E-state index in [1.807, 2.05) is 0 Å². The first kappa shape index (κ1) is 9.32. The number of amides is 1. The van der Waals surface area contributed by atoms with Crippen molar-refractivity contribution in [3.05, 3.63) is 0 Å². The molecule has 4 nitrogen and oxygen atoms in total. The van der Waals surface area contributed by atoms with E-state index in [1.54, 1.807) is 0 Å². The van der Waals surface area contributed by atoms with Gasteiger partial charge in [-0.1, -0.05) is 12.8 Å². The Hall–Kier alpha value is -0.770. The highest BCUT2D eigenvalue weighted by Crippen LogP contribution is 2.23. The monoisotopic (exact) mass is 173 g/mol. The minimum absolute atomic E-state index is 0.120.